The van der Waals surface area contributed by atoms with E-state index in [4.69, 9.17) is 22.4 Å². The zero-order valence-electron chi connectivity index (χ0n) is 34.4. The molecule has 12 heteroatoms. The van der Waals surface area contributed by atoms with Crippen molar-refractivity contribution in [2.24, 2.45) is 0 Å². The summed E-state index contributed by atoms with van der Waals surface area (Å²) in [5.41, 5.74) is 13.4. The van der Waals surface area contributed by atoms with Crippen LogP contribution in [0.2, 0.25) is 0 Å². The SMILES string of the molecule is CCCCc1ccc(-c2ccc(N(c3ccc(-c4ccc(CCCC)cc4)cc3)c3ccc(N(c4ccc(P(=O)=[S-](=S)I)cc4)c4ccc(P(=O)=[S-](=S)I)cc4)cc3)cc2)cc1. The second-order valence-corrected chi connectivity index (χ2v) is 38.4. The van der Waals surface area contributed by atoms with Gasteiger partial charge in [-0.05, 0) is 156 Å². The highest BCUT2D eigenvalue weighted by Gasteiger charge is 2.17. The first-order chi connectivity index (χ1) is 30.1. The molecule has 0 N–H and O–H groups in total. The monoisotopic (exact) mass is 1150 g/mol. The summed E-state index contributed by atoms with van der Waals surface area (Å²) >= 11 is 14.8. The van der Waals surface area contributed by atoms with Gasteiger partial charge in [-0.1, -0.05) is 99.5 Å². The Morgan fingerprint density at radius 3 is 0.871 bits per heavy atom. The van der Waals surface area contributed by atoms with Gasteiger partial charge < -0.3 is 18.9 Å². The molecule has 0 bridgehead atoms. The van der Waals surface area contributed by atoms with E-state index in [1.807, 2.05) is 48.5 Å². The molecule has 7 aromatic rings. The fraction of sp³-hybridized carbons (Fsp3) is 0.160. The van der Waals surface area contributed by atoms with Gasteiger partial charge in [-0.3, -0.25) is 34.0 Å². The molecule has 0 saturated heterocycles. The van der Waals surface area contributed by atoms with Crippen molar-refractivity contribution in [1.29, 1.82) is 0 Å². The van der Waals surface area contributed by atoms with Gasteiger partial charge >= 0.3 is 0 Å². The normalized spacial score (nSPS) is 12.6. The maximum absolute atomic E-state index is 12.9. The Hall–Kier alpha value is -3.06. The van der Waals surface area contributed by atoms with Crippen molar-refractivity contribution in [2.45, 2.75) is 52.4 Å². The minimum Gasteiger partial charge on any atom is -0.311 e. The summed E-state index contributed by atoms with van der Waals surface area (Å²) in [7, 11) is 0. The van der Waals surface area contributed by atoms with Gasteiger partial charge in [0, 0.05) is 57.9 Å². The van der Waals surface area contributed by atoms with Crippen LogP contribution in [0.5, 0.6) is 0 Å². The summed E-state index contributed by atoms with van der Waals surface area (Å²) in [6.07, 6.45) is 7.00. The van der Waals surface area contributed by atoms with Gasteiger partial charge in [0.05, 0.1) is 0 Å². The number of aryl methyl sites for hydroxylation is 2. The maximum atomic E-state index is 12.9. The van der Waals surface area contributed by atoms with Crippen LogP contribution in [0.1, 0.15) is 50.7 Å². The summed E-state index contributed by atoms with van der Waals surface area (Å²) < 4.78 is 25.8. The molecule has 0 aliphatic heterocycles. The van der Waals surface area contributed by atoms with Crippen molar-refractivity contribution in [1.82, 2.24) is 0 Å². The molecule has 0 radical (unpaired) electrons. The second kappa shape index (κ2) is 22.7. The first-order valence-corrected chi connectivity index (χ1v) is 33.6. The predicted molar refractivity (Wildman–Crippen MR) is 296 cm³/mol. The smallest absolute Gasteiger partial charge is 0.0463 e. The van der Waals surface area contributed by atoms with Crippen LogP contribution in [-0.4, -0.2) is 0 Å². The molecule has 0 saturated carbocycles. The first-order valence-electron chi connectivity index (χ1n) is 20.5. The average molecular weight is 1150 g/mol. The lowest BCUT2D eigenvalue weighted by molar-refractivity contribution is 0.601. The Morgan fingerprint density at radius 2 is 0.629 bits per heavy atom. The molecule has 4 nitrogen and oxygen atoms in total. The highest BCUT2D eigenvalue weighted by atomic mass is 127. The Balaban J connectivity index is 1.26. The summed E-state index contributed by atoms with van der Waals surface area (Å²) in [5, 5.41) is 1.47. The number of nitrogens with zero attached hydrogens (tertiary/aromatic N) is 2. The van der Waals surface area contributed by atoms with Gasteiger partial charge in [0.1, 0.15) is 0 Å². The summed E-state index contributed by atoms with van der Waals surface area (Å²) in [4.78, 5) is 4.45. The van der Waals surface area contributed by atoms with E-state index in [0.717, 1.165) is 57.6 Å². The summed E-state index contributed by atoms with van der Waals surface area (Å²) in [5.74, 6) is -1.34. The van der Waals surface area contributed by atoms with E-state index in [1.54, 1.807) is 0 Å². The lowest BCUT2D eigenvalue weighted by Crippen LogP contribution is -2.13. The predicted octanol–water partition coefficient (Wildman–Crippen LogP) is 16.2. The Bertz CT molecular complexity index is 2710. The zero-order chi connectivity index (χ0) is 43.6. The van der Waals surface area contributed by atoms with Gasteiger partial charge in [-0.2, -0.15) is 0 Å². The molecular formula is C50H46I2N2O2P2S4-2. The molecule has 0 aromatic heterocycles. The van der Waals surface area contributed by atoms with Crippen molar-refractivity contribution >= 4 is 134 Å². The van der Waals surface area contributed by atoms with Crippen LogP contribution < -0.4 is 20.4 Å². The van der Waals surface area contributed by atoms with Gasteiger partial charge in [0.25, 0.3) is 0 Å². The fourth-order valence-corrected chi connectivity index (χ4v) is 15.8. The highest BCUT2D eigenvalue weighted by molar-refractivity contribution is 14.2. The quantitative estimate of drug-likeness (QED) is 0.0416. The van der Waals surface area contributed by atoms with Crippen molar-refractivity contribution in [3.63, 3.8) is 0 Å². The Kier molecular flexibility index (Phi) is 17.2. The van der Waals surface area contributed by atoms with E-state index in [9.17, 15) is 9.13 Å². The van der Waals surface area contributed by atoms with Crippen molar-refractivity contribution in [3.8, 4) is 22.3 Å². The topological polar surface area (TPSA) is 40.6 Å². The molecule has 7 aromatic carbocycles. The molecule has 0 spiro atoms. The van der Waals surface area contributed by atoms with E-state index in [-0.39, 0.29) is 0 Å². The van der Waals surface area contributed by atoms with Gasteiger partial charge in [-0.25, -0.2) is 42.4 Å². The molecule has 2 atom stereocenters. The number of rotatable bonds is 16. The Labute approximate surface area is 404 Å². The van der Waals surface area contributed by atoms with E-state index in [1.165, 1.54) is 59.1 Å². The van der Waals surface area contributed by atoms with Crippen LogP contribution in [0, 0.1) is 0 Å². The second-order valence-electron chi connectivity index (χ2n) is 14.8. The van der Waals surface area contributed by atoms with Crippen LogP contribution in [0.15, 0.2) is 170 Å². The molecule has 0 aliphatic rings. The van der Waals surface area contributed by atoms with Crippen LogP contribution >= 0.6 is 55.6 Å². The minimum atomic E-state index is -1.67. The number of hydrogen-bond acceptors (Lipinski definition) is 8. The lowest BCUT2D eigenvalue weighted by atomic mass is 10.0. The molecule has 0 amide bonds. The third-order valence-electron chi connectivity index (χ3n) is 10.7. The zero-order valence-corrected chi connectivity index (χ0v) is 43.8. The van der Waals surface area contributed by atoms with Gasteiger partial charge in [0.15, 0.2) is 0 Å². The molecule has 0 aliphatic carbocycles. The van der Waals surface area contributed by atoms with Crippen molar-refractivity contribution in [3.05, 3.63) is 181 Å². The largest absolute Gasteiger partial charge is 0.311 e. The summed E-state index contributed by atoms with van der Waals surface area (Å²) in [6, 6.07) is 59.8. The molecule has 0 fully saturated rings. The molecule has 62 heavy (non-hydrogen) atoms. The molecule has 2 unspecified atom stereocenters. The number of anilines is 6. The maximum Gasteiger partial charge on any atom is 0.0463 e. The van der Waals surface area contributed by atoms with Crippen molar-refractivity contribution in [2.75, 3.05) is 9.80 Å². The molecular weight excluding hydrogens is 1100 g/mol. The minimum absolute atomic E-state index is 0.670. The summed E-state index contributed by atoms with van der Waals surface area (Å²) in [6.45, 7) is 1.12. The van der Waals surface area contributed by atoms with Crippen LogP contribution in [0.25, 0.3) is 22.3 Å². The van der Waals surface area contributed by atoms with E-state index in [0.29, 0.717) is 0 Å². The number of benzene rings is 7. The fourth-order valence-electron chi connectivity index (χ4n) is 7.35. The van der Waals surface area contributed by atoms with Crippen LogP contribution in [0.3, 0.4) is 0 Å². The van der Waals surface area contributed by atoms with Gasteiger partial charge in [0.2, 0.25) is 0 Å². The number of halogens is 2. The average Bonchev–Trinajstić information content (AvgIpc) is 3.31. The first kappa shape index (κ1) is 46.9. The third-order valence-corrected chi connectivity index (χ3v) is 24.4. The standard InChI is InChI=1S/C50H46I2N2O2P2S4/c1-3-5-7-37-9-13-39(14-10-37)41-17-21-43(22-18-41)53(44-23-19-42(20-24-44)40-15-11-38(12-16-40)8-6-4-2)45-25-27-46(28-26-45)54(47-29-33-49(34-30-47)57(55)61(51)59)48-31-35-50(36-32-48)58(56)62(52)60/h9-36H,3-8H2,1-2H3/q-2. The highest BCUT2D eigenvalue weighted by Crippen LogP contribution is 2.40. The number of unbranched alkanes of at least 4 members (excludes halogenated alkanes) is 2. The lowest BCUT2D eigenvalue weighted by Gasteiger charge is -2.28. The third kappa shape index (κ3) is 11.8. The van der Waals surface area contributed by atoms with Gasteiger partial charge in [-0.15, -0.1) is 0 Å². The molecule has 318 valence electrons. The van der Waals surface area contributed by atoms with Crippen molar-refractivity contribution < 1.29 is 9.13 Å². The molecule has 0 heterocycles. The Morgan fingerprint density at radius 1 is 0.403 bits per heavy atom. The van der Waals surface area contributed by atoms with Crippen LogP contribution in [0.4, 0.5) is 34.1 Å². The van der Waals surface area contributed by atoms with E-state index >= 15 is 0 Å². The van der Waals surface area contributed by atoms with E-state index < -0.39 is 24.8 Å². The van der Waals surface area contributed by atoms with Crippen LogP contribution in [-0.2, 0) is 56.0 Å². The number of hydrogen-bond donors (Lipinski definition) is 0. The molecule has 7 rings (SSSR count). The van der Waals surface area contributed by atoms with E-state index in [2.05, 4.69) is 187 Å².